The van der Waals surface area contributed by atoms with Gasteiger partial charge in [0.1, 0.15) is 11.5 Å². The molecule has 3 aromatic rings. The van der Waals surface area contributed by atoms with E-state index in [0.29, 0.717) is 11.6 Å². The van der Waals surface area contributed by atoms with Gasteiger partial charge in [0, 0.05) is 29.7 Å². The van der Waals surface area contributed by atoms with E-state index in [4.69, 9.17) is 16.3 Å². The van der Waals surface area contributed by atoms with Crippen LogP contribution in [0.1, 0.15) is 22.6 Å². The molecule has 0 fully saturated rings. The number of amides is 1. The summed E-state index contributed by atoms with van der Waals surface area (Å²) in [5, 5.41) is 0.671. The van der Waals surface area contributed by atoms with Crippen molar-refractivity contribution in [1.82, 2.24) is 4.90 Å². The third-order valence-electron chi connectivity index (χ3n) is 4.61. The van der Waals surface area contributed by atoms with Crippen LogP contribution >= 0.6 is 11.6 Å². The lowest BCUT2D eigenvalue weighted by Crippen LogP contribution is -2.33. The van der Waals surface area contributed by atoms with Crippen LogP contribution in [-0.2, 0) is 11.3 Å². The molecule has 3 aromatic carbocycles. The van der Waals surface area contributed by atoms with Crippen molar-refractivity contribution < 1.29 is 9.53 Å². The fraction of sp³-hybridized carbons (Fsp3) is 0.136. The number of carbonyl (C=O) groups excluding carboxylic acids is 1. The lowest BCUT2D eigenvalue weighted by atomic mass is 9.87. The second-order valence-electron chi connectivity index (χ2n) is 6.43. The number of nitrogens with zero attached hydrogens (tertiary/aromatic N) is 1. The molecule has 1 aliphatic rings. The van der Waals surface area contributed by atoms with Crippen molar-refractivity contribution in [2.24, 2.45) is 0 Å². The highest BCUT2D eigenvalue weighted by molar-refractivity contribution is 6.30. The molecule has 130 valence electrons. The number of benzene rings is 3. The van der Waals surface area contributed by atoms with Crippen LogP contribution in [-0.4, -0.2) is 17.9 Å². The summed E-state index contributed by atoms with van der Waals surface area (Å²) in [5.41, 5.74) is 2.80. The van der Waals surface area contributed by atoms with E-state index in [9.17, 15) is 4.79 Å². The van der Waals surface area contributed by atoms with Crippen molar-refractivity contribution in [2.75, 3.05) is 7.05 Å². The molecule has 3 nitrogen and oxygen atoms in total. The van der Waals surface area contributed by atoms with Gasteiger partial charge in [-0.3, -0.25) is 4.79 Å². The lowest BCUT2D eigenvalue weighted by molar-refractivity contribution is -0.131. The Balaban J connectivity index is 1.69. The van der Waals surface area contributed by atoms with E-state index in [1.165, 1.54) is 0 Å². The third kappa shape index (κ3) is 3.06. The Kier molecular flexibility index (Phi) is 4.39. The number of ether oxygens (including phenoxy) is 1. The molecule has 1 heterocycles. The fourth-order valence-electron chi connectivity index (χ4n) is 3.38. The van der Waals surface area contributed by atoms with Crippen LogP contribution in [0.15, 0.2) is 72.8 Å². The number of fused-ring (bicyclic) bond motifs is 2. The van der Waals surface area contributed by atoms with Crippen LogP contribution in [0.4, 0.5) is 0 Å². The normalized spacial score (nSPS) is 12.7. The number of carbonyl (C=O) groups is 1. The number of hydrogen-bond acceptors (Lipinski definition) is 2. The maximum absolute atomic E-state index is 13.4. The molecule has 0 radical (unpaired) electrons. The average Bonchev–Trinajstić information content (AvgIpc) is 2.65. The molecule has 0 aliphatic carbocycles. The molecule has 4 heteroatoms. The highest BCUT2D eigenvalue weighted by Gasteiger charge is 2.34. The van der Waals surface area contributed by atoms with Crippen LogP contribution in [0.3, 0.4) is 0 Å². The first-order valence-electron chi connectivity index (χ1n) is 8.48. The Morgan fingerprint density at radius 3 is 2.19 bits per heavy atom. The van der Waals surface area contributed by atoms with Crippen LogP contribution < -0.4 is 4.74 Å². The van der Waals surface area contributed by atoms with E-state index in [1.54, 1.807) is 4.90 Å². The van der Waals surface area contributed by atoms with E-state index >= 15 is 0 Å². The quantitative estimate of drug-likeness (QED) is 0.637. The van der Waals surface area contributed by atoms with Gasteiger partial charge in [-0.25, -0.2) is 0 Å². The zero-order valence-corrected chi connectivity index (χ0v) is 15.1. The van der Waals surface area contributed by atoms with Gasteiger partial charge in [-0.1, -0.05) is 60.1 Å². The summed E-state index contributed by atoms with van der Waals surface area (Å²) < 4.78 is 5.98. The van der Waals surface area contributed by atoms with Crippen LogP contribution in [0.5, 0.6) is 11.5 Å². The standard InChI is InChI=1S/C22H18ClNO2/c1-24(14-15-7-6-8-16(23)13-15)22(25)21-17-9-2-4-11-19(17)26-20-12-5-3-10-18(20)21/h2-13,21H,14H2,1H3. The largest absolute Gasteiger partial charge is 0.457 e. The first kappa shape index (κ1) is 16.7. The highest BCUT2D eigenvalue weighted by atomic mass is 35.5. The molecule has 0 N–H and O–H groups in total. The van der Waals surface area contributed by atoms with Crippen molar-refractivity contribution in [3.63, 3.8) is 0 Å². The van der Waals surface area contributed by atoms with E-state index in [0.717, 1.165) is 28.2 Å². The van der Waals surface area contributed by atoms with Gasteiger partial charge in [-0.05, 0) is 29.8 Å². The highest BCUT2D eigenvalue weighted by Crippen LogP contribution is 2.44. The number of likely N-dealkylation sites (N-methyl/N-ethyl adjacent to an activating group) is 1. The number of hydrogen-bond donors (Lipinski definition) is 0. The smallest absolute Gasteiger partial charge is 0.234 e. The molecule has 1 amide bonds. The Labute approximate surface area is 157 Å². The molecular formula is C22H18ClNO2. The Morgan fingerprint density at radius 2 is 1.58 bits per heavy atom. The van der Waals surface area contributed by atoms with Crippen LogP contribution in [0.2, 0.25) is 5.02 Å². The lowest BCUT2D eigenvalue weighted by Gasteiger charge is -2.30. The minimum absolute atomic E-state index is 0.0353. The monoisotopic (exact) mass is 363 g/mol. The average molecular weight is 364 g/mol. The molecule has 4 rings (SSSR count). The van der Waals surface area contributed by atoms with Crippen LogP contribution in [0, 0.1) is 0 Å². The molecule has 0 saturated carbocycles. The molecule has 1 aliphatic heterocycles. The SMILES string of the molecule is CN(Cc1cccc(Cl)c1)C(=O)C1c2ccccc2Oc2ccccc21. The second kappa shape index (κ2) is 6.85. The Hall–Kier alpha value is -2.78. The second-order valence-corrected chi connectivity index (χ2v) is 6.87. The van der Waals surface area contributed by atoms with Crippen molar-refractivity contribution in [1.29, 1.82) is 0 Å². The number of para-hydroxylation sites is 2. The molecule has 0 bridgehead atoms. The molecule has 0 atom stereocenters. The Bertz CT molecular complexity index is 924. The van der Waals surface area contributed by atoms with Crippen molar-refractivity contribution >= 4 is 17.5 Å². The predicted molar refractivity (Wildman–Crippen MR) is 103 cm³/mol. The number of halogens is 1. The third-order valence-corrected chi connectivity index (χ3v) is 4.85. The molecule has 0 saturated heterocycles. The summed E-state index contributed by atoms with van der Waals surface area (Å²) in [7, 11) is 1.82. The maximum Gasteiger partial charge on any atom is 0.234 e. The van der Waals surface area contributed by atoms with Gasteiger partial charge in [0.25, 0.3) is 0 Å². The minimum atomic E-state index is -0.375. The summed E-state index contributed by atoms with van der Waals surface area (Å²) in [5.74, 6) is 1.13. The number of rotatable bonds is 3. The van der Waals surface area contributed by atoms with Crippen LogP contribution in [0.25, 0.3) is 0 Å². The zero-order chi connectivity index (χ0) is 18.1. The van der Waals surface area contributed by atoms with Gasteiger partial charge in [0.15, 0.2) is 0 Å². The molecule has 0 unspecified atom stereocenters. The summed E-state index contributed by atoms with van der Waals surface area (Å²) in [6.45, 7) is 0.501. The van der Waals surface area contributed by atoms with Gasteiger partial charge >= 0.3 is 0 Å². The summed E-state index contributed by atoms with van der Waals surface area (Å²) in [6, 6.07) is 23.0. The summed E-state index contributed by atoms with van der Waals surface area (Å²) >= 11 is 6.07. The maximum atomic E-state index is 13.4. The zero-order valence-electron chi connectivity index (χ0n) is 14.4. The summed E-state index contributed by atoms with van der Waals surface area (Å²) in [6.07, 6.45) is 0. The topological polar surface area (TPSA) is 29.5 Å². The van der Waals surface area contributed by atoms with E-state index in [1.807, 2.05) is 79.8 Å². The fourth-order valence-corrected chi connectivity index (χ4v) is 3.60. The Morgan fingerprint density at radius 1 is 0.962 bits per heavy atom. The van der Waals surface area contributed by atoms with Gasteiger partial charge in [0.2, 0.25) is 5.91 Å². The molecule has 26 heavy (non-hydrogen) atoms. The van der Waals surface area contributed by atoms with Gasteiger partial charge in [-0.15, -0.1) is 0 Å². The van der Waals surface area contributed by atoms with Crippen molar-refractivity contribution in [3.05, 3.63) is 94.5 Å². The van der Waals surface area contributed by atoms with E-state index in [2.05, 4.69) is 0 Å². The first-order chi connectivity index (χ1) is 12.6. The molecule has 0 aromatic heterocycles. The van der Waals surface area contributed by atoms with E-state index < -0.39 is 0 Å². The van der Waals surface area contributed by atoms with Crippen molar-refractivity contribution in [2.45, 2.75) is 12.5 Å². The molecule has 0 spiro atoms. The molecular weight excluding hydrogens is 346 g/mol. The van der Waals surface area contributed by atoms with E-state index in [-0.39, 0.29) is 11.8 Å². The summed E-state index contributed by atoms with van der Waals surface area (Å²) in [4.78, 5) is 15.1. The first-order valence-corrected chi connectivity index (χ1v) is 8.86. The minimum Gasteiger partial charge on any atom is -0.457 e. The van der Waals surface area contributed by atoms with Gasteiger partial charge < -0.3 is 9.64 Å². The van der Waals surface area contributed by atoms with Crippen molar-refractivity contribution in [3.8, 4) is 11.5 Å². The van der Waals surface area contributed by atoms with Gasteiger partial charge in [0.05, 0.1) is 5.92 Å². The predicted octanol–water partition coefficient (Wildman–Crippen LogP) is 5.24. The van der Waals surface area contributed by atoms with Gasteiger partial charge in [-0.2, -0.15) is 0 Å².